The Morgan fingerprint density at radius 1 is 1.25 bits per heavy atom. The molecule has 0 fully saturated rings. The molecule has 0 bridgehead atoms. The van der Waals surface area contributed by atoms with Crippen molar-refractivity contribution in [3.8, 4) is 5.88 Å². The van der Waals surface area contributed by atoms with E-state index in [2.05, 4.69) is 0 Å². The van der Waals surface area contributed by atoms with Crippen LogP contribution in [0.4, 0.5) is 0 Å². The van der Waals surface area contributed by atoms with Gasteiger partial charge in [-0.1, -0.05) is 29.8 Å². The van der Waals surface area contributed by atoms with Crippen LogP contribution in [-0.4, -0.2) is 15.6 Å². The van der Waals surface area contributed by atoms with Gasteiger partial charge in [-0.3, -0.25) is 14.2 Å². The quantitative estimate of drug-likeness (QED) is 0.883. The van der Waals surface area contributed by atoms with Crippen LogP contribution in [0.15, 0.2) is 35.1 Å². The number of aromatic hydroxyl groups is 1. The van der Waals surface area contributed by atoms with Gasteiger partial charge in [0, 0.05) is 6.07 Å². The molecule has 0 unspecified atom stereocenters. The molecule has 0 radical (unpaired) electrons. The summed E-state index contributed by atoms with van der Waals surface area (Å²) in [5, 5.41) is 10.1. The summed E-state index contributed by atoms with van der Waals surface area (Å²) < 4.78 is 1.14. The highest BCUT2D eigenvalue weighted by Crippen LogP contribution is 2.19. The van der Waals surface area contributed by atoms with Crippen molar-refractivity contribution >= 4 is 5.91 Å². The molecule has 0 aliphatic heterocycles. The summed E-state index contributed by atoms with van der Waals surface area (Å²) in [6, 6.07) is 8.87. The third-order valence-corrected chi connectivity index (χ3v) is 3.19. The van der Waals surface area contributed by atoms with Gasteiger partial charge in [0.1, 0.15) is 5.56 Å². The SMILES string of the molecule is Cc1ccc(Cn2c(O)c(C(N)=O)c(C)cc2=O)cc1. The number of rotatable bonds is 3. The van der Waals surface area contributed by atoms with Crippen LogP contribution in [0.25, 0.3) is 0 Å². The fraction of sp³-hybridized carbons (Fsp3) is 0.200. The van der Waals surface area contributed by atoms with Crippen LogP contribution < -0.4 is 11.3 Å². The summed E-state index contributed by atoms with van der Waals surface area (Å²) in [5.41, 5.74) is 7.18. The van der Waals surface area contributed by atoms with E-state index in [4.69, 9.17) is 5.73 Å². The number of pyridine rings is 1. The normalized spacial score (nSPS) is 10.5. The number of nitrogens with zero attached hydrogens (tertiary/aromatic N) is 1. The fourth-order valence-electron chi connectivity index (χ4n) is 2.08. The highest BCUT2D eigenvalue weighted by molar-refractivity contribution is 5.96. The molecule has 1 heterocycles. The molecule has 5 nitrogen and oxygen atoms in total. The molecule has 0 spiro atoms. The van der Waals surface area contributed by atoms with Gasteiger partial charge in [0.05, 0.1) is 6.54 Å². The van der Waals surface area contributed by atoms with Gasteiger partial charge < -0.3 is 10.8 Å². The number of hydrogen-bond acceptors (Lipinski definition) is 3. The van der Waals surface area contributed by atoms with E-state index in [0.717, 1.165) is 15.7 Å². The first-order valence-electron chi connectivity index (χ1n) is 6.19. The first-order chi connectivity index (χ1) is 9.40. The Kier molecular flexibility index (Phi) is 3.61. The van der Waals surface area contributed by atoms with Crippen LogP contribution in [0.5, 0.6) is 5.88 Å². The molecular formula is C15H16N2O3. The molecule has 0 aliphatic rings. The van der Waals surface area contributed by atoms with E-state index < -0.39 is 5.91 Å². The van der Waals surface area contributed by atoms with E-state index >= 15 is 0 Å². The lowest BCUT2D eigenvalue weighted by atomic mass is 10.1. The monoisotopic (exact) mass is 272 g/mol. The van der Waals surface area contributed by atoms with Crippen LogP contribution in [0.2, 0.25) is 0 Å². The van der Waals surface area contributed by atoms with Crippen molar-refractivity contribution in [1.29, 1.82) is 0 Å². The number of carbonyl (C=O) groups excluding carboxylic acids is 1. The van der Waals surface area contributed by atoms with Crippen molar-refractivity contribution in [1.82, 2.24) is 4.57 Å². The lowest BCUT2D eigenvalue weighted by Crippen LogP contribution is -2.25. The van der Waals surface area contributed by atoms with Crippen molar-refractivity contribution in [2.75, 3.05) is 0 Å². The zero-order valence-corrected chi connectivity index (χ0v) is 11.4. The van der Waals surface area contributed by atoms with E-state index in [1.165, 1.54) is 6.07 Å². The predicted molar refractivity (Wildman–Crippen MR) is 75.9 cm³/mol. The Balaban J connectivity index is 2.52. The highest BCUT2D eigenvalue weighted by atomic mass is 16.3. The number of nitrogens with two attached hydrogens (primary N) is 1. The van der Waals surface area contributed by atoms with Gasteiger partial charge in [0.25, 0.3) is 11.5 Å². The van der Waals surface area contributed by atoms with Gasteiger partial charge in [-0.05, 0) is 25.0 Å². The maximum absolute atomic E-state index is 12.0. The minimum atomic E-state index is -0.752. The van der Waals surface area contributed by atoms with Crippen LogP contribution in [0.3, 0.4) is 0 Å². The van der Waals surface area contributed by atoms with E-state index in [0.29, 0.717) is 5.56 Å². The third-order valence-electron chi connectivity index (χ3n) is 3.19. The Morgan fingerprint density at radius 2 is 1.85 bits per heavy atom. The molecule has 5 heteroatoms. The van der Waals surface area contributed by atoms with Gasteiger partial charge in [-0.15, -0.1) is 0 Å². The largest absolute Gasteiger partial charge is 0.494 e. The van der Waals surface area contributed by atoms with Crippen LogP contribution >= 0.6 is 0 Å². The molecule has 1 aromatic heterocycles. The van der Waals surface area contributed by atoms with E-state index in [9.17, 15) is 14.7 Å². The van der Waals surface area contributed by atoms with Crippen LogP contribution in [-0.2, 0) is 6.54 Å². The topological polar surface area (TPSA) is 85.3 Å². The lowest BCUT2D eigenvalue weighted by Gasteiger charge is -2.13. The van der Waals surface area contributed by atoms with Crippen LogP contribution in [0, 0.1) is 13.8 Å². The highest BCUT2D eigenvalue weighted by Gasteiger charge is 2.17. The third kappa shape index (κ3) is 2.56. The minimum absolute atomic E-state index is 0.0169. The summed E-state index contributed by atoms with van der Waals surface area (Å²) in [7, 11) is 0. The summed E-state index contributed by atoms with van der Waals surface area (Å²) >= 11 is 0. The summed E-state index contributed by atoms with van der Waals surface area (Å²) in [6.07, 6.45) is 0. The number of carbonyl (C=O) groups is 1. The zero-order valence-electron chi connectivity index (χ0n) is 11.4. The summed E-state index contributed by atoms with van der Waals surface area (Å²) in [6.45, 7) is 3.72. The van der Waals surface area contributed by atoms with Crippen molar-refractivity contribution < 1.29 is 9.90 Å². The summed E-state index contributed by atoms with van der Waals surface area (Å²) in [5.74, 6) is -1.14. The Morgan fingerprint density at radius 3 is 2.40 bits per heavy atom. The maximum atomic E-state index is 12.0. The van der Waals surface area contributed by atoms with Crippen molar-refractivity contribution in [2.24, 2.45) is 5.73 Å². The van der Waals surface area contributed by atoms with Gasteiger partial charge in [0.15, 0.2) is 0 Å². The first kappa shape index (κ1) is 13.9. The number of primary amides is 1. The Bertz CT molecular complexity index is 715. The molecule has 104 valence electrons. The number of hydrogen-bond donors (Lipinski definition) is 2. The molecule has 3 N–H and O–H groups in total. The van der Waals surface area contributed by atoms with Gasteiger partial charge >= 0.3 is 0 Å². The average molecular weight is 272 g/mol. The lowest BCUT2D eigenvalue weighted by molar-refractivity contribution is 0.0995. The molecule has 2 aromatic rings. The van der Waals surface area contributed by atoms with E-state index in [1.54, 1.807) is 6.92 Å². The fourth-order valence-corrected chi connectivity index (χ4v) is 2.08. The van der Waals surface area contributed by atoms with Gasteiger partial charge in [0.2, 0.25) is 5.88 Å². The molecular weight excluding hydrogens is 256 g/mol. The second-order valence-corrected chi connectivity index (χ2v) is 4.80. The minimum Gasteiger partial charge on any atom is -0.494 e. The first-order valence-corrected chi connectivity index (χ1v) is 6.19. The number of aromatic nitrogens is 1. The molecule has 0 atom stereocenters. The number of amides is 1. The molecule has 1 aromatic carbocycles. The Labute approximate surface area is 116 Å². The second kappa shape index (κ2) is 5.21. The molecule has 0 saturated carbocycles. The maximum Gasteiger partial charge on any atom is 0.254 e. The molecule has 20 heavy (non-hydrogen) atoms. The van der Waals surface area contributed by atoms with Gasteiger partial charge in [-0.25, -0.2) is 0 Å². The molecule has 2 rings (SSSR count). The van der Waals surface area contributed by atoms with Crippen molar-refractivity contribution in [2.45, 2.75) is 20.4 Å². The number of aryl methyl sites for hydroxylation is 2. The molecule has 0 aliphatic carbocycles. The van der Waals surface area contributed by atoms with Crippen molar-refractivity contribution in [3.63, 3.8) is 0 Å². The predicted octanol–water partition coefficient (Wildman–Crippen LogP) is 1.32. The second-order valence-electron chi connectivity index (χ2n) is 4.80. The van der Waals surface area contributed by atoms with E-state index in [-0.39, 0.29) is 23.5 Å². The molecule has 1 amide bonds. The zero-order chi connectivity index (χ0) is 14.9. The van der Waals surface area contributed by atoms with E-state index in [1.807, 2.05) is 31.2 Å². The van der Waals surface area contributed by atoms with Gasteiger partial charge in [-0.2, -0.15) is 0 Å². The average Bonchev–Trinajstić information content (AvgIpc) is 2.36. The Hall–Kier alpha value is -2.56. The standard InChI is InChI=1S/C15H16N2O3/c1-9-3-5-11(6-4-9)8-17-12(18)7-10(2)13(14(16)19)15(17)20/h3-7,20H,8H2,1-2H3,(H2,16,19). The van der Waals surface area contributed by atoms with Crippen LogP contribution in [0.1, 0.15) is 27.0 Å². The smallest absolute Gasteiger partial charge is 0.254 e. The number of benzene rings is 1. The van der Waals surface area contributed by atoms with Crippen molar-refractivity contribution in [3.05, 3.63) is 62.9 Å². The summed E-state index contributed by atoms with van der Waals surface area (Å²) in [4.78, 5) is 23.3. The molecule has 0 saturated heterocycles.